The van der Waals surface area contributed by atoms with Crippen molar-refractivity contribution in [3.05, 3.63) is 48.0 Å². The van der Waals surface area contributed by atoms with Gasteiger partial charge in [-0.15, -0.1) is 0 Å². The highest BCUT2D eigenvalue weighted by Gasteiger charge is 2.11. The van der Waals surface area contributed by atoms with E-state index in [1.54, 1.807) is 44.6 Å². The summed E-state index contributed by atoms with van der Waals surface area (Å²) in [5, 5.41) is 2.82. The molecule has 0 saturated heterocycles. The summed E-state index contributed by atoms with van der Waals surface area (Å²) in [6.45, 7) is 0.0614. The Morgan fingerprint density at radius 3 is 2.50 bits per heavy atom. The minimum Gasteiger partial charge on any atom is -0.493 e. The molecule has 0 unspecified atom stereocenters. The van der Waals surface area contributed by atoms with Crippen molar-refractivity contribution in [3.63, 3.8) is 0 Å². The number of hydrogen-bond acceptors (Lipinski definition) is 6. The van der Waals surface area contributed by atoms with Crippen molar-refractivity contribution in [1.29, 1.82) is 0 Å². The summed E-state index contributed by atoms with van der Waals surface area (Å²) in [7, 11) is 0.0531. The number of methoxy groups -OCH3 is 2. The third-order valence-corrected chi connectivity index (χ3v) is 4.85. The molecule has 0 heterocycles. The minimum atomic E-state index is -3.08. The number of carbonyl (C=O) groups excluding carboxylic acids is 1. The highest BCUT2D eigenvalue weighted by atomic mass is 32.2. The number of aryl methyl sites for hydroxylation is 1. The lowest BCUT2D eigenvalue weighted by atomic mass is 10.1. The fraction of sp³-hybridized carbons (Fsp3) is 0.350. The van der Waals surface area contributed by atoms with Crippen LogP contribution in [0.15, 0.2) is 42.5 Å². The lowest BCUT2D eigenvalue weighted by molar-refractivity contribution is -0.116. The van der Waals surface area contributed by atoms with E-state index < -0.39 is 9.84 Å². The monoisotopic (exact) mass is 407 g/mol. The van der Waals surface area contributed by atoms with Gasteiger partial charge in [0.05, 0.1) is 20.0 Å². The van der Waals surface area contributed by atoms with E-state index in [2.05, 4.69) is 5.32 Å². The molecule has 0 aliphatic rings. The second kappa shape index (κ2) is 9.98. The van der Waals surface area contributed by atoms with Gasteiger partial charge < -0.3 is 19.5 Å². The fourth-order valence-electron chi connectivity index (χ4n) is 2.60. The molecule has 0 bridgehead atoms. The number of rotatable bonds is 10. The van der Waals surface area contributed by atoms with Gasteiger partial charge in [-0.1, -0.05) is 18.2 Å². The quantitative estimate of drug-likeness (QED) is 0.651. The highest BCUT2D eigenvalue weighted by molar-refractivity contribution is 7.90. The molecule has 2 aromatic rings. The molecule has 0 aliphatic heterocycles. The van der Waals surface area contributed by atoms with Crippen molar-refractivity contribution in [2.75, 3.05) is 38.2 Å². The topological polar surface area (TPSA) is 90.9 Å². The zero-order valence-electron chi connectivity index (χ0n) is 16.2. The van der Waals surface area contributed by atoms with Crippen molar-refractivity contribution < 1.29 is 27.4 Å². The number of amides is 1. The Morgan fingerprint density at radius 1 is 1.07 bits per heavy atom. The Labute approximate surface area is 165 Å². The lowest BCUT2D eigenvalue weighted by Crippen LogP contribution is -2.14. The van der Waals surface area contributed by atoms with Gasteiger partial charge in [-0.3, -0.25) is 4.79 Å². The number of benzene rings is 2. The molecule has 28 heavy (non-hydrogen) atoms. The van der Waals surface area contributed by atoms with E-state index in [9.17, 15) is 13.2 Å². The summed E-state index contributed by atoms with van der Waals surface area (Å²) in [6, 6.07) is 12.4. The first-order chi connectivity index (χ1) is 13.3. The molecular formula is C20H25NO6S. The summed E-state index contributed by atoms with van der Waals surface area (Å²) >= 11 is 0. The predicted molar refractivity (Wildman–Crippen MR) is 108 cm³/mol. The van der Waals surface area contributed by atoms with E-state index in [0.29, 0.717) is 29.4 Å². The van der Waals surface area contributed by atoms with Gasteiger partial charge in [0, 0.05) is 24.4 Å². The molecule has 0 aliphatic carbocycles. The van der Waals surface area contributed by atoms with Crippen LogP contribution < -0.4 is 19.5 Å². The van der Waals surface area contributed by atoms with Gasteiger partial charge >= 0.3 is 0 Å². The van der Waals surface area contributed by atoms with E-state index in [4.69, 9.17) is 14.2 Å². The van der Waals surface area contributed by atoms with Crippen LogP contribution in [0.3, 0.4) is 0 Å². The zero-order chi connectivity index (χ0) is 20.6. The maximum atomic E-state index is 12.3. The summed E-state index contributed by atoms with van der Waals surface area (Å²) in [5.74, 6) is 1.53. The number of para-hydroxylation sites is 1. The maximum Gasteiger partial charge on any atom is 0.224 e. The molecule has 0 atom stereocenters. The minimum absolute atomic E-state index is 0.0614. The molecule has 1 N–H and O–H groups in total. The van der Waals surface area contributed by atoms with Gasteiger partial charge in [0.2, 0.25) is 5.91 Å². The molecule has 1 amide bonds. The van der Waals surface area contributed by atoms with Crippen molar-refractivity contribution in [3.8, 4) is 17.2 Å². The molecule has 0 saturated carbocycles. The number of anilines is 1. The van der Waals surface area contributed by atoms with Gasteiger partial charge in [-0.05, 0) is 30.2 Å². The molecule has 8 heteroatoms. The SMILES string of the molecule is COc1cccc(CCC(=O)Nc2cccc(OCCS(C)(=O)=O)c2)c1OC. The summed E-state index contributed by atoms with van der Waals surface area (Å²) < 4.78 is 38.4. The third-order valence-electron chi connectivity index (χ3n) is 3.95. The van der Waals surface area contributed by atoms with Crippen LogP contribution in [0, 0.1) is 0 Å². The van der Waals surface area contributed by atoms with Gasteiger partial charge in [-0.2, -0.15) is 0 Å². The smallest absolute Gasteiger partial charge is 0.224 e. The van der Waals surface area contributed by atoms with Gasteiger partial charge in [0.25, 0.3) is 0 Å². The predicted octanol–water partition coefficient (Wildman–Crippen LogP) is 2.70. The van der Waals surface area contributed by atoms with E-state index >= 15 is 0 Å². The normalized spacial score (nSPS) is 11.0. The van der Waals surface area contributed by atoms with Crippen LogP contribution in [0.25, 0.3) is 0 Å². The molecule has 0 aromatic heterocycles. The molecular weight excluding hydrogens is 382 g/mol. The Kier molecular flexibility index (Phi) is 7.69. The van der Waals surface area contributed by atoms with E-state index in [0.717, 1.165) is 11.8 Å². The van der Waals surface area contributed by atoms with Crippen LogP contribution in [-0.4, -0.2) is 47.2 Å². The first-order valence-corrected chi connectivity index (χ1v) is 10.8. The molecule has 7 nitrogen and oxygen atoms in total. The summed E-state index contributed by atoms with van der Waals surface area (Å²) in [5.41, 5.74) is 1.47. The molecule has 0 fully saturated rings. The molecule has 152 valence electrons. The molecule has 2 aromatic carbocycles. The van der Waals surface area contributed by atoms with Gasteiger partial charge in [0.15, 0.2) is 21.3 Å². The number of ether oxygens (including phenoxy) is 3. The summed E-state index contributed by atoms with van der Waals surface area (Å²) in [6.07, 6.45) is 1.92. The zero-order valence-corrected chi connectivity index (χ0v) is 17.0. The first-order valence-electron chi connectivity index (χ1n) is 8.72. The van der Waals surface area contributed by atoms with Crippen LogP contribution in [0.2, 0.25) is 0 Å². The fourth-order valence-corrected chi connectivity index (χ4v) is 2.98. The van der Waals surface area contributed by atoms with Gasteiger partial charge in [-0.25, -0.2) is 8.42 Å². The van der Waals surface area contributed by atoms with Crippen LogP contribution >= 0.6 is 0 Å². The van der Waals surface area contributed by atoms with Crippen molar-refractivity contribution >= 4 is 21.4 Å². The number of hydrogen-bond donors (Lipinski definition) is 1. The second-order valence-electron chi connectivity index (χ2n) is 6.21. The van der Waals surface area contributed by atoms with Crippen molar-refractivity contribution in [2.45, 2.75) is 12.8 Å². The van der Waals surface area contributed by atoms with Crippen LogP contribution in [0.5, 0.6) is 17.2 Å². The van der Waals surface area contributed by atoms with Crippen molar-refractivity contribution in [1.82, 2.24) is 0 Å². The molecule has 0 spiro atoms. The van der Waals surface area contributed by atoms with Crippen LogP contribution in [-0.2, 0) is 21.1 Å². The Morgan fingerprint density at radius 2 is 1.82 bits per heavy atom. The highest BCUT2D eigenvalue weighted by Crippen LogP contribution is 2.31. The lowest BCUT2D eigenvalue weighted by Gasteiger charge is -2.12. The molecule has 2 rings (SSSR count). The third kappa shape index (κ3) is 6.77. The second-order valence-corrected chi connectivity index (χ2v) is 8.47. The van der Waals surface area contributed by atoms with Gasteiger partial charge in [0.1, 0.15) is 12.4 Å². The van der Waals surface area contributed by atoms with E-state index in [1.165, 1.54) is 0 Å². The largest absolute Gasteiger partial charge is 0.493 e. The first kappa shape index (κ1) is 21.6. The standard InChI is InChI=1S/C20H25NO6S/c1-25-18-9-4-6-15(20(18)26-2)10-11-19(22)21-16-7-5-8-17(14-16)27-12-13-28(3,23)24/h4-9,14H,10-13H2,1-3H3,(H,21,22). The molecule has 0 radical (unpaired) electrons. The van der Waals surface area contributed by atoms with Crippen LogP contribution in [0.1, 0.15) is 12.0 Å². The summed E-state index contributed by atoms with van der Waals surface area (Å²) in [4.78, 5) is 12.3. The number of carbonyl (C=O) groups is 1. The average Bonchev–Trinajstić information content (AvgIpc) is 2.65. The number of sulfone groups is 1. The van der Waals surface area contributed by atoms with Crippen molar-refractivity contribution in [2.24, 2.45) is 0 Å². The Hall–Kier alpha value is -2.74. The average molecular weight is 407 g/mol. The Balaban J connectivity index is 1.92. The Bertz CT molecular complexity index is 911. The van der Waals surface area contributed by atoms with E-state index in [1.807, 2.05) is 12.1 Å². The van der Waals surface area contributed by atoms with E-state index in [-0.39, 0.29) is 24.7 Å². The van der Waals surface area contributed by atoms with Crippen LogP contribution in [0.4, 0.5) is 5.69 Å². The maximum absolute atomic E-state index is 12.3. The number of nitrogens with one attached hydrogen (secondary N) is 1.